The van der Waals surface area contributed by atoms with Crippen LogP contribution in [-0.4, -0.2) is 77.2 Å². The average molecular weight is 490 g/mol. The second-order valence-electron chi connectivity index (χ2n) is 7.76. The van der Waals surface area contributed by atoms with Crippen LogP contribution in [0.15, 0.2) is 60.1 Å². The molecule has 1 amide bonds. The molecule has 1 aromatic rings. The predicted octanol–water partition coefficient (Wildman–Crippen LogP) is 3.72. The maximum atomic E-state index is 12.5. The van der Waals surface area contributed by atoms with Gasteiger partial charge in [-0.3, -0.25) is 9.69 Å². The molecule has 0 N–H and O–H groups in total. The van der Waals surface area contributed by atoms with Gasteiger partial charge in [-0.05, 0) is 30.4 Å². The summed E-state index contributed by atoms with van der Waals surface area (Å²) in [5, 5.41) is 0.485. The van der Waals surface area contributed by atoms with Gasteiger partial charge in [0.2, 0.25) is 5.88 Å². The number of nitrogens with zero attached hydrogens (tertiary/aromatic N) is 3. The number of hydrogen-bond donors (Lipinski definition) is 0. The van der Waals surface area contributed by atoms with Crippen molar-refractivity contribution in [2.75, 3.05) is 55.2 Å². The number of para-hydroxylation sites is 2. The van der Waals surface area contributed by atoms with E-state index >= 15 is 0 Å². The smallest absolute Gasteiger partial charge is 0.276 e. The molecular weight excluding hydrogens is 462 g/mol. The number of amides is 1. The first-order chi connectivity index (χ1) is 15.5. The van der Waals surface area contributed by atoms with Gasteiger partial charge >= 0.3 is 0 Å². The van der Waals surface area contributed by atoms with Gasteiger partial charge < -0.3 is 19.3 Å². The predicted molar refractivity (Wildman–Crippen MR) is 137 cm³/mol. The summed E-state index contributed by atoms with van der Waals surface area (Å²) in [6, 6.07) is 7.93. The number of ether oxygens (including phenoxy) is 2. The summed E-state index contributed by atoms with van der Waals surface area (Å²) in [5.74, 6) is 5.32. The van der Waals surface area contributed by atoms with Gasteiger partial charge in [0.05, 0.1) is 18.4 Å². The molecular formula is C23H27N3O3S3. The topological polar surface area (TPSA) is 45.2 Å². The van der Waals surface area contributed by atoms with Crippen molar-refractivity contribution in [1.29, 1.82) is 0 Å². The second kappa shape index (κ2) is 10.3. The van der Waals surface area contributed by atoms with Gasteiger partial charge in [-0.2, -0.15) is 23.5 Å². The highest BCUT2D eigenvalue weighted by Gasteiger charge is 2.33. The Morgan fingerprint density at radius 3 is 2.59 bits per heavy atom. The fourth-order valence-corrected chi connectivity index (χ4v) is 6.07. The minimum atomic E-state index is -0.123. The number of thiocarbonyl (C=S) groups is 1. The van der Waals surface area contributed by atoms with E-state index in [0.29, 0.717) is 29.8 Å². The SMILES string of the molecule is C=C1CSCC(OCCN2/C(=C/C=C3/C(=O)N(C)C(=S)N3C)Oc3ccccc32)CSC1. The highest BCUT2D eigenvalue weighted by Crippen LogP contribution is 2.38. The summed E-state index contributed by atoms with van der Waals surface area (Å²) in [7, 11) is 3.48. The standard InChI is InChI=1S/C23H27N3O3S3/c1-16-12-31-14-17(15-32-13-16)28-11-10-26-18-6-4-5-7-20(18)29-21(26)9-8-19-22(27)25(3)23(30)24(19)2/h4-9,17H,1,10-15H2,2-3H3/b19-8-,21-9-. The van der Waals surface area contributed by atoms with Crippen molar-refractivity contribution < 1.29 is 14.3 Å². The van der Waals surface area contributed by atoms with Crippen molar-refractivity contribution >= 4 is 52.4 Å². The third-order valence-corrected chi connectivity index (χ3v) is 8.36. The maximum Gasteiger partial charge on any atom is 0.276 e. The summed E-state index contributed by atoms with van der Waals surface area (Å²) in [6.45, 7) is 5.35. The molecule has 0 atom stereocenters. The Morgan fingerprint density at radius 2 is 1.91 bits per heavy atom. The van der Waals surface area contributed by atoms with Crippen molar-refractivity contribution in [3.8, 4) is 5.75 Å². The van der Waals surface area contributed by atoms with E-state index in [1.54, 1.807) is 25.1 Å². The second-order valence-corrected chi connectivity index (χ2v) is 10.2. The van der Waals surface area contributed by atoms with E-state index in [2.05, 4.69) is 11.5 Å². The van der Waals surface area contributed by atoms with Crippen LogP contribution >= 0.6 is 35.7 Å². The molecule has 3 aliphatic rings. The lowest BCUT2D eigenvalue weighted by molar-refractivity contribution is -0.121. The van der Waals surface area contributed by atoms with Crippen LogP contribution in [0.5, 0.6) is 5.75 Å². The molecule has 2 saturated heterocycles. The number of thioether (sulfide) groups is 2. The Kier molecular flexibility index (Phi) is 7.50. The number of allylic oxidation sites excluding steroid dienone is 2. The molecule has 0 radical (unpaired) electrons. The number of carbonyl (C=O) groups excluding carboxylic acids is 1. The largest absolute Gasteiger partial charge is 0.439 e. The molecule has 0 unspecified atom stereocenters. The lowest BCUT2D eigenvalue weighted by Gasteiger charge is -2.23. The first kappa shape index (κ1) is 23.2. The highest BCUT2D eigenvalue weighted by atomic mass is 32.2. The minimum Gasteiger partial charge on any atom is -0.439 e. The van der Waals surface area contributed by atoms with Gasteiger partial charge in [0.15, 0.2) is 10.9 Å². The monoisotopic (exact) mass is 489 g/mol. The molecule has 0 aliphatic carbocycles. The van der Waals surface area contributed by atoms with Crippen LogP contribution < -0.4 is 9.64 Å². The number of fused-ring (bicyclic) bond motifs is 1. The molecule has 6 nitrogen and oxygen atoms in total. The van der Waals surface area contributed by atoms with Gasteiger partial charge in [0.25, 0.3) is 5.91 Å². The molecule has 32 heavy (non-hydrogen) atoms. The van der Waals surface area contributed by atoms with Gasteiger partial charge in [0, 0.05) is 49.7 Å². The molecule has 0 bridgehead atoms. The lowest BCUT2D eigenvalue weighted by Crippen LogP contribution is -2.29. The quantitative estimate of drug-likeness (QED) is 0.352. The Bertz CT molecular complexity index is 966. The summed E-state index contributed by atoms with van der Waals surface area (Å²) >= 11 is 9.08. The maximum absolute atomic E-state index is 12.5. The van der Waals surface area contributed by atoms with E-state index in [-0.39, 0.29) is 12.0 Å². The van der Waals surface area contributed by atoms with Crippen molar-refractivity contribution in [1.82, 2.24) is 9.80 Å². The molecule has 3 aliphatic heterocycles. The molecule has 0 saturated carbocycles. The molecule has 2 fully saturated rings. The van der Waals surface area contributed by atoms with E-state index in [0.717, 1.165) is 34.4 Å². The number of rotatable bonds is 5. The molecule has 170 valence electrons. The van der Waals surface area contributed by atoms with Crippen molar-refractivity contribution in [3.63, 3.8) is 0 Å². The number of likely N-dealkylation sites (N-methyl/N-ethyl adjacent to an activating group) is 2. The number of anilines is 1. The fourth-order valence-electron chi connectivity index (χ4n) is 3.64. The Labute approximate surface area is 203 Å². The normalized spacial score (nSPS) is 22.6. The van der Waals surface area contributed by atoms with Crippen LogP contribution in [0.3, 0.4) is 0 Å². The minimum absolute atomic E-state index is 0.123. The first-order valence-corrected chi connectivity index (χ1v) is 13.1. The first-order valence-electron chi connectivity index (χ1n) is 10.4. The Hall–Kier alpha value is -1.94. The molecule has 4 rings (SSSR count). The fraction of sp³-hybridized carbons (Fsp3) is 0.391. The molecule has 3 heterocycles. The highest BCUT2D eigenvalue weighted by molar-refractivity contribution is 8.01. The number of benzene rings is 1. The zero-order valence-electron chi connectivity index (χ0n) is 18.3. The lowest BCUT2D eigenvalue weighted by atomic mass is 10.3. The number of hydrogen-bond acceptors (Lipinski definition) is 7. The third kappa shape index (κ3) is 5.01. The summed E-state index contributed by atoms with van der Waals surface area (Å²) < 4.78 is 12.3. The molecule has 1 aromatic carbocycles. The van der Waals surface area contributed by atoms with E-state index in [1.807, 2.05) is 53.9 Å². The summed E-state index contributed by atoms with van der Waals surface area (Å²) in [4.78, 5) is 17.7. The van der Waals surface area contributed by atoms with Crippen LogP contribution in [0.1, 0.15) is 0 Å². The van der Waals surface area contributed by atoms with Crippen LogP contribution in [0.4, 0.5) is 5.69 Å². The molecule has 9 heteroatoms. The molecule has 0 spiro atoms. The van der Waals surface area contributed by atoms with E-state index in [1.165, 1.54) is 10.5 Å². The number of carbonyl (C=O) groups is 1. The van der Waals surface area contributed by atoms with Gasteiger partial charge in [-0.25, -0.2) is 0 Å². The van der Waals surface area contributed by atoms with Crippen molar-refractivity contribution in [2.24, 2.45) is 0 Å². The van der Waals surface area contributed by atoms with Crippen molar-refractivity contribution in [3.05, 3.63) is 60.1 Å². The van der Waals surface area contributed by atoms with Gasteiger partial charge in [-0.1, -0.05) is 24.3 Å². The zero-order chi connectivity index (χ0) is 22.7. The van der Waals surface area contributed by atoms with Crippen LogP contribution in [-0.2, 0) is 9.53 Å². The van der Waals surface area contributed by atoms with E-state index in [9.17, 15) is 4.79 Å². The van der Waals surface area contributed by atoms with E-state index in [4.69, 9.17) is 21.7 Å². The van der Waals surface area contributed by atoms with E-state index < -0.39 is 0 Å². The van der Waals surface area contributed by atoms with Crippen LogP contribution in [0, 0.1) is 0 Å². The van der Waals surface area contributed by atoms with Gasteiger partial charge in [-0.15, -0.1) is 0 Å². The zero-order valence-corrected chi connectivity index (χ0v) is 20.7. The Balaban J connectivity index is 1.45. The van der Waals surface area contributed by atoms with Crippen LogP contribution in [0.2, 0.25) is 0 Å². The molecule has 0 aromatic heterocycles. The average Bonchev–Trinajstić information content (AvgIpc) is 3.21. The van der Waals surface area contributed by atoms with Crippen molar-refractivity contribution in [2.45, 2.75) is 6.10 Å². The Morgan fingerprint density at radius 1 is 1.19 bits per heavy atom. The summed E-state index contributed by atoms with van der Waals surface area (Å²) in [6.07, 6.45) is 3.83. The van der Waals surface area contributed by atoms with Crippen LogP contribution in [0.25, 0.3) is 0 Å². The summed E-state index contributed by atoms with van der Waals surface area (Å²) in [5.41, 5.74) is 2.81. The third-order valence-electron chi connectivity index (χ3n) is 5.37. The van der Waals surface area contributed by atoms with Gasteiger partial charge in [0.1, 0.15) is 5.70 Å².